The summed E-state index contributed by atoms with van der Waals surface area (Å²) in [5.41, 5.74) is 0.768. The van der Waals surface area contributed by atoms with Crippen LogP contribution >= 0.6 is 23.2 Å². The second kappa shape index (κ2) is 11.1. The highest BCUT2D eigenvalue weighted by molar-refractivity contribution is 6.31. The summed E-state index contributed by atoms with van der Waals surface area (Å²) in [6.07, 6.45) is 0.468. The molecule has 2 amide bonds. The van der Waals surface area contributed by atoms with Gasteiger partial charge in [0.2, 0.25) is 5.91 Å². The number of benzene rings is 2. The molecule has 1 atom stereocenters. The molecule has 0 heterocycles. The van der Waals surface area contributed by atoms with Gasteiger partial charge in [-0.2, -0.15) is 0 Å². The minimum absolute atomic E-state index is 0.0286. The van der Waals surface area contributed by atoms with Gasteiger partial charge in [-0.15, -0.1) is 0 Å². The predicted octanol–water partition coefficient (Wildman–Crippen LogP) is 4.70. The predicted molar refractivity (Wildman–Crippen MR) is 116 cm³/mol. The van der Waals surface area contributed by atoms with Gasteiger partial charge in [0, 0.05) is 22.6 Å². The first kappa shape index (κ1) is 23.0. The third-order valence-corrected chi connectivity index (χ3v) is 4.91. The van der Waals surface area contributed by atoms with E-state index < -0.39 is 6.04 Å². The average molecular weight is 437 g/mol. The van der Waals surface area contributed by atoms with Crippen LogP contribution in [0.2, 0.25) is 10.0 Å². The van der Waals surface area contributed by atoms with E-state index in [-0.39, 0.29) is 31.0 Å². The molecule has 0 saturated carbocycles. The summed E-state index contributed by atoms with van der Waals surface area (Å²) in [6.45, 7) is 5.66. The number of ether oxygens (including phenoxy) is 1. The number of nitrogens with one attached hydrogen (secondary N) is 1. The van der Waals surface area contributed by atoms with Crippen LogP contribution in [0.5, 0.6) is 5.75 Å². The Labute approximate surface area is 181 Å². The van der Waals surface area contributed by atoms with Crippen molar-refractivity contribution in [3.63, 3.8) is 0 Å². The van der Waals surface area contributed by atoms with Crippen LogP contribution in [0.25, 0.3) is 0 Å². The number of amides is 2. The zero-order chi connectivity index (χ0) is 21.4. The maximum atomic E-state index is 13.0. The topological polar surface area (TPSA) is 58.6 Å². The van der Waals surface area contributed by atoms with Crippen LogP contribution < -0.4 is 10.1 Å². The standard InChI is InChI=1S/C22H26Cl2N2O3/c1-4-20(22(28)25-15(2)3)26(13-16-7-5-6-8-19(16)24)21(27)14-29-18-11-9-17(23)10-12-18/h5-12,15,20H,4,13-14H2,1-3H3,(H,25,28). The van der Waals surface area contributed by atoms with Gasteiger partial charge in [0.25, 0.3) is 5.91 Å². The van der Waals surface area contributed by atoms with Crippen molar-refractivity contribution < 1.29 is 14.3 Å². The van der Waals surface area contributed by atoms with E-state index in [1.165, 1.54) is 4.90 Å². The highest BCUT2D eigenvalue weighted by Gasteiger charge is 2.29. The molecule has 0 aromatic heterocycles. The van der Waals surface area contributed by atoms with Gasteiger partial charge in [0.1, 0.15) is 11.8 Å². The van der Waals surface area contributed by atoms with Gasteiger partial charge in [-0.25, -0.2) is 0 Å². The van der Waals surface area contributed by atoms with Gasteiger partial charge < -0.3 is 15.0 Å². The fourth-order valence-electron chi connectivity index (χ4n) is 2.87. The zero-order valence-corrected chi connectivity index (χ0v) is 18.3. The Morgan fingerprint density at radius 3 is 2.31 bits per heavy atom. The van der Waals surface area contributed by atoms with E-state index >= 15 is 0 Å². The zero-order valence-electron chi connectivity index (χ0n) is 16.8. The molecule has 2 aromatic rings. The molecule has 0 saturated heterocycles. The number of carbonyl (C=O) groups is 2. The van der Waals surface area contributed by atoms with Crippen molar-refractivity contribution in [3.8, 4) is 5.75 Å². The lowest BCUT2D eigenvalue weighted by molar-refractivity contribution is -0.143. The lowest BCUT2D eigenvalue weighted by Crippen LogP contribution is -2.51. The molecular formula is C22H26Cl2N2O3. The molecule has 0 aliphatic rings. The molecule has 29 heavy (non-hydrogen) atoms. The Morgan fingerprint density at radius 2 is 1.72 bits per heavy atom. The molecule has 2 aromatic carbocycles. The molecule has 0 spiro atoms. The smallest absolute Gasteiger partial charge is 0.261 e. The third-order valence-electron chi connectivity index (χ3n) is 4.29. The molecule has 0 aliphatic carbocycles. The molecule has 1 N–H and O–H groups in total. The highest BCUT2D eigenvalue weighted by Crippen LogP contribution is 2.20. The molecule has 7 heteroatoms. The fraction of sp³-hybridized carbons (Fsp3) is 0.364. The van der Waals surface area contributed by atoms with E-state index in [2.05, 4.69) is 5.32 Å². The molecule has 0 bridgehead atoms. The van der Waals surface area contributed by atoms with Gasteiger partial charge in [0.15, 0.2) is 6.61 Å². The summed E-state index contributed by atoms with van der Waals surface area (Å²) >= 11 is 12.2. The van der Waals surface area contributed by atoms with Gasteiger partial charge in [0.05, 0.1) is 0 Å². The summed E-state index contributed by atoms with van der Waals surface area (Å²) in [5.74, 6) is 0.0279. The second-order valence-corrected chi connectivity index (χ2v) is 7.79. The quantitative estimate of drug-likeness (QED) is 0.619. The minimum atomic E-state index is -0.630. The SMILES string of the molecule is CCC(C(=O)NC(C)C)N(Cc1ccccc1Cl)C(=O)COc1ccc(Cl)cc1. The van der Waals surface area contributed by atoms with Crippen molar-refractivity contribution in [1.82, 2.24) is 10.2 Å². The van der Waals surface area contributed by atoms with Crippen LogP contribution in [-0.4, -0.2) is 35.4 Å². The van der Waals surface area contributed by atoms with E-state index in [9.17, 15) is 9.59 Å². The Morgan fingerprint density at radius 1 is 1.07 bits per heavy atom. The molecule has 0 aliphatic heterocycles. The first-order chi connectivity index (χ1) is 13.8. The number of hydrogen-bond donors (Lipinski definition) is 1. The Bertz CT molecular complexity index is 825. The summed E-state index contributed by atoms with van der Waals surface area (Å²) in [4.78, 5) is 27.3. The van der Waals surface area contributed by atoms with E-state index in [0.29, 0.717) is 22.2 Å². The third kappa shape index (κ3) is 6.94. The number of nitrogens with zero attached hydrogens (tertiary/aromatic N) is 1. The summed E-state index contributed by atoms with van der Waals surface area (Å²) < 4.78 is 5.61. The summed E-state index contributed by atoms with van der Waals surface area (Å²) in [7, 11) is 0. The van der Waals surface area contributed by atoms with Gasteiger partial charge >= 0.3 is 0 Å². The van der Waals surface area contributed by atoms with Crippen molar-refractivity contribution in [2.75, 3.05) is 6.61 Å². The maximum Gasteiger partial charge on any atom is 0.261 e. The van der Waals surface area contributed by atoms with Crippen LogP contribution in [0.15, 0.2) is 48.5 Å². The summed E-state index contributed by atoms with van der Waals surface area (Å²) in [6, 6.07) is 13.4. The van der Waals surface area contributed by atoms with Crippen LogP contribution in [0.1, 0.15) is 32.8 Å². The lowest BCUT2D eigenvalue weighted by atomic mass is 10.1. The molecule has 0 radical (unpaired) electrons. The van der Waals surface area contributed by atoms with Crippen molar-refractivity contribution in [2.24, 2.45) is 0 Å². The molecule has 156 valence electrons. The van der Waals surface area contributed by atoms with E-state index in [4.69, 9.17) is 27.9 Å². The first-order valence-electron chi connectivity index (χ1n) is 9.53. The second-order valence-electron chi connectivity index (χ2n) is 6.94. The van der Waals surface area contributed by atoms with Gasteiger partial charge in [-0.05, 0) is 56.2 Å². The van der Waals surface area contributed by atoms with Crippen LogP contribution in [-0.2, 0) is 16.1 Å². The van der Waals surface area contributed by atoms with Crippen molar-refractivity contribution in [3.05, 3.63) is 64.1 Å². The van der Waals surface area contributed by atoms with E-state index in [1.54, 1.807) is 30.3 Å². The fourth-order valence-corrected chi connectivity index (χ4v) is 3.19. The van der Waals surface area contributed by atoms with Crippen LogP contribution in [0.4, 0.5) is 0 Å². The molecule has 1 unspecified atom stereocenters. The monoisotopic (exact) mass is 436 g/mol. The number of carbonyl (C=O) groups excluding carboxylic acids is 2. The van der Waals surface area contributed by atoms with E-state index in [1.807, 2.05) is 39.0 Å². The number of rotatable bonds is 9. The first-order valence-corrected chi connectivity index (χ1v) is 10.3. The van der Waals surface area contributed by atoms with Crippen LogP contribution in [0, 0.1) is 0 Å². The van der Waals surface area contributed by atoms with Crippen LogP contribution in [0.3, 0.4) is 0 Å². The Kier molecular flexibility index (Phi) is 8.80. The number of halogens is 2. The van der Waals surface area contributed by atoms with Crippen molar-refractivity contribution in [2.45, 2.75) is 45.8 Å². The normalized spacial score (nSPS) is 11.8. The molecule has 2 rings (SSSR count). The lowest BCUT2D eigenvalue weighted by Gasteiger charge is -2.31. The number of hydrogen-bond acceptors (Lipinski definition) is 3. The highest BCUT2D eigenvalue weighted by atomic mass is 35.5. The Balaban J connectivity index is 2.21. The molecular weight excluding hydrogens is 411 g/mol. The molecule has 0 fully saturated rings. The van der Waals surface area contributed by atoms with Crippen molar-refractivity contribution in [1.29, 1.82) is 0 Å². The van der Waals surface area contributed by atoms with Gasteiger partial charge in [-0.3, -0.25) is 9.59 Å². The minimum Gasteiger partial charge on any atom is -0.484 e. The van der Waals surface area contributed by atoms with Crippen molar-refractivity contribution >= 4 is 35.0 Å². The average Bonchev–Trinajstić information content (AvgIpc) is 2.68. The summed E-state index contributed by atoms with van der Waals surface area (Å²) in [5, 5.41) is 4.02. The maximum absolute atomic E-state index is 13.0. The molecule has 5 nitrogen and oxygen atoms in total. The largest absolute Gasteiger partial charge is 0.484 e. The van der Waals surface area contributed by atoms with E-state index in [0.717, 1.165) is 5.56 Å². The van der Waals surface area contributed by atoms with Gasteiger partial charge in [-0.1, -0.05) is 48.3 Å². The Hall–Kier alpha value is -2.24.